The van der Waals surface area contributed by atoms with Crippen molar-refractivity contribution in [1.29, 1.82) is 0 Å². The number of nitrogens with zero attached hydrogens (tertiary/aromatic N) is 1. The van der Waals surface area contributed by atoms with E-state index in [2.05, 4.69) is 71.2 Å². The maximum atomic E-state index is 3.73. The lowest BCUT2D eigenvalue weighted by molar-refractivity contribution is 0.306. The molecule has 2 rings (SSSR count). The van der Waals surface area contributed by atoms with Gasteiger partial charge in [0.2, 0.25) is 0 Å². The molecule has 106 valence electrons. The highest BCUT2D eigenvalue weighted by molar-refractivity contribution is 9.10. The minimum atomic E-state index is 0.608. The maximum absolute atomic E-state index is 3.73. The van der Waals surface area contributed by atoms with E-state index >= 15 is 0 Å². The fourth-order valence-corrected chi connectivity index (χ4v) is 3.07. The zero-order chi connectivity index (χ0) is 13.8. The molecule has 1 aliphatic heterocycles. The summed E-state index contributed by atoms with van der Waals surface area (Å²) < 4.78 is 1.15. The number of hydrogen-bond acceptors (Lipinski definition) is 2. The van der Waals surface area contributed by atoms with Crippen molar-refractivity contribution in [2.24, 2.45) is 5.92 Å². The van der Waals surface area contributed by atoms with Crippen LogP contribution in [0.1, 0.15) is 33.6 Å². The lowest BCUT2D eigenvalue weighted by Crippen LogP contribution is -2.58. The van der Waals surface area contributed by atoms with Crippen LogP contribution in [0.15, 0.2) is 28.7 Å². The molecule has 0 aromatic heterocycles. The zero-order valence-electron chi connectivity index (χ0n) is 12.2. The van der Waals surface area contributed by atoms with Crippen molar-refractivity contribution in [1.82, 2.24) is 5.32 Å². The van der Waals surface area contributed by atoms with Gasteiger partial charge in [0.15, 0.2) is 0 Å². The van der Waals surface area contributed by atoms with E-state index in [4.69, 9.17) is 0 Å². The third-order valence-corrected chi connectivity index (χ3v) is 4.94. The third-order valence-electron chi connectivity index (χ3n) is 4.41. The molecule has 1 saturated heterocycles. The van der Waals surface area contributed by atoms with Gasteiger partial charge in [-0.1, -0.05) is 43.1 Å². The number of nitrogens with one attached hydrogen (secondary N) is 1. The summed E-state index contributed by atoms with van der Waals surface area (Å²) in [5, 5.41) is 3.73. The van der Waals surface area contributed by atoms with Crippen molar-refractivity contribution in [2.75, 3.05) is 18.0 Å². The minimum absolute atomic E-state index is 0.608. The van der Waals surface area contributed by atoms with Gasteiger partial charge in [-0.25, -0.2) is 0 Å². The highest BCUT2D eigenvalue weighted by atomic mass is 79.9. The summed E-state index contributed by atoms with van der Waals surface area (Å²) in [6.07, 6.45) is 2.43. The van der Waals surface area contributed by atoms with E-state index in [9.17, 15) is 0 Å². The Hall–Kier alpha value is -0.540. The van der Waals surface area contributed by atoms with Crippen LogP contribution in [0.4, 0.5) is 5.69 Å². The average molecular weight is 325 g/mol. The smallest absolute Gasteiger partial charge is 0.0412 e. The van der Waals surface area contributed by atoms with Crippen LogP contribution in [0.2, 0.25) is 0 Å². The quantitative estimate of drug-likeness (QED) is 0.898. The summed E-state index contributed by atoms with van der Waals surface area (Å²) in [7, 11) is 0. The molecule has 0 radical (unpaired) electrons. The van der Waals surface area contributed by atoms with Crippen molar-refractivity contribution in [3.05, 3.63) is 28.7 Å². The number of benzene rings is 1. The van der Waals surface area contributed by atoms with Gasteiger partial charge >= 0.3 is 0 Å². The molecule has 1 heterocycles. The molecule has 0 aliphatic carbocycles. The molecule has 3 heteroatoms. The Morgan fingerprint density at radius 2 is 2.00 bits per heavy atom. The molecule has 2 nitrogen and oxygen atoms in total. The van der Waals surface area contributed by atoms with Crippen molar-refractivity contribution in [3.63, 3.8) is 0 Å². The SMILES string of the molecule is CCC(C)C1CN(c2ccc(Br)cc2)C(CC)CN1. The van der Waals surface area contributed by atoms with Crippen LogP contribution < -0.4 is 10.2 Å². The van der Waals surface area contributed by atoms with Gasteiger partial charge in [0.25, 0.3) is 0 Å². The van der Waals surface area contributed by atoms with Crippen LogP contribution in [0.5, 0.6) is 0 Å². The molecular formula is C16H25BrN2. The van der Waals surface area contributed by atoms with Gasteiger partial charge in [-0.05, 0) is 36.6 Å². The molecule has 0 amide bonds. The van der Waals surface area contributed by atoms with Crippen LogP contribution in [0.25, 0.3) is 0 Å². The van der Waals surface area contributed by atoms with Crippen LogP contribution in [0, 0.1) is 5.92 Å². The zero-order valence-corrected chi connectivity index (χ0v) is 13.8. The molecule has 1 aromatic carbocycles. The predicted molar refractivity (Wildman–Crippen MR) is 86.8 cm³/mol. The molecule has 1 aliphatic rings. The summed E-state index contributed by atoms with van der Waals surface area (Å²) in [5.74, 6) is 0.732. The fraction of sp³-hybridized carbons (Fsp3) is 0.625. The first kappa shape index (κ1) is 14.9. The van der Waals surface area contributed by atoms with Crippen molar-refractivity contribution < 1.29 is 0 Å². The Balaban J connectivity index is 2.16. The molecular weight excluding hydrogens is 300 g/mol. The first-order chi connectivity index (χ1) is 9.15. The predicted octanol–water partition coefficient (Wildman–Crippen LogP) is 4.05. The lowest BCUT2D eigenvalue weighted by Gasteiger charge is -2.43. The van der Waals surface area contributed by atoms with Gasteiger partial charge < -0.3 is 10.2 Å². The highest BCUT2D eigenvalue weighted by Crippen LogP contribution is 2.25. The van der Waals surface area contributed by atoms with Crippen molar-refractivity contribution in [3.8, 4) is 0 Å². The average Bonchev–Trinajstić information content (AvgIpc) is 2.46. The van der Waals surface area contributed by atoms with Gasteiger partial charge in [-0.15, -0.1) is 0 Å². The monoisotopic (exact) mass is 324 g/mol. The molecule has 1 N–H and O–H groups in total. The minimum Gasteiger partial charge on any atom is -0.366 e. The molecule has 0 saturated carbocycles. The van der Waals surface area contributed by atoms with E-state index in [0.29, 0.717) is 12.1 Å². The fourth-order valence-electron chi connectivity index (χ4n) is 2.80. The summed E-state index contributed by atoms with van der Waals surface area (Å²) in [4.78, 5) is 2.58. The molecule has 19 heavy (non-hydrogen) atoms. The van der Waals surface area contributed by atoms with Gasteiger partial charge in [-0.2, -0.15) is 0 Å². The topological polar surface area (TPSA) is 15.3 Å². The Labute approximate surface area is 125 Å². The Morgan fingerprint density at radius 1 is 1.32 bits per heavy atom. The van der Waals surface area contributed by atoms with Gasteiger partial charge in [-0.3, -0.25) is 0 Å². The molecule has 3 unspecified atom stereocenters. The Morgan fingerprint density at radius 3 is 2.58 bits per heavy atom. The summed E-state index contributed by atoms with van der Waals surface area (Å²) in [6.45, 7) is 9.13. The van der Waals surface area contributed by atoms with Crippen LogP contribution in [-0.2, 0) is 0 Å². The molecule has 0 bridgehead atoms. The van der Waals surface area contributed by atoms with E-state index in [-0.39, 0.29) is 0 Å². The van der Waals surface area contributed by atoms with E-state index < -0.39 is 0 Å². The Bertz CT molecular complexity index is 390. The number of halogens is 1. The van der Waals surface area contributed by atoms with Crippen LogP contribution in [-0.4, -0.2) is 25.2 Å². The first-order valence-corrected chi connectivity index (χ1v) is 8.20. The molecule has 0 spiro atoms. The second kappa shape index (κ2) is 6.76. The van der Waals surface area contributed by atoms with Crippen LogP contribution in [0.3, 0.4) is 0 Å². The van der Waals surface area contributed by atoms with Crippen molar-refractivity contribution >= 4 is 21.6 Å². The van der Waals surface area contributed by atoms with Gasteiger partial charge in [0, 0.05) is 35.3 Å². The normalized spacial score (nSPS) is 25.4. The lowest BCUT2D eigenvalue weighted by atomic mass is 9.94. The number of rotatable bonds is 4. The second-order valence-corrected chi connectivity index (χ2v) is 6.51. The summed E-state index contributed by atoms with van der Waals surface area (Å²) in [5.41, 5.74) is 1.35. The van der Waals surface area contributed by atoms with E-state index in [1.807, 2.05) is 0 Å². The summed E-state index contributed by atoms with van der Waals surface area (Å²) >= 11 is 3.52. The standard InChI is InChI=1S/C16H25BrN2/c1-4-12(3)16-11-19(14(5-2)10-18-16)15-8-6-13(17)7-9-15/h6-9,12,14,16,18H,4-5,10-11H2,1-3H3. The number of piperazine rings is 1. The first-order valence-electron chi connectivity index (χ1n) is 7.41. The molecule has 1 aromatic rings. The maximum Gasteiger partial charge on any atom is 0.0412 e. The summed E-state index contributed by atoms with van der Waals surface area (Å²) in [6, 6.07) is 9.96. The van der Waals surface area contributed by atoms with E-state index in [0.717, 1.165) is 23.5 Å². The van der Waals surface area contributed by atoms with Gasteiger partial charge in [0.1, 0.15) is 0 Å². The van der Waals surface area contributed by atoms with Crippen LogP contribution >= 0.6 is 15.9 Å². The molecule has 3 atom stereocenters. The number of hydrogen-bond donors (Lipinski definition) is 1. The molecule has 1 fully saturated rings. The van der Waals surface area contributed by atoms with E-state index in [1.165, 1.54) is 18.5 Å². The Kier molecular flexibility index (Phi) is 5.28. The largest absolute Gasteiger partial charge is 0.366 e. The van der Waals surface area contributed by atoms with Crippen molar-refractivity contribution in [2.45, 2.75) is 45.7 Å². The highest BCUT2D eigenvalue weighted by Gasteiger charge is 2.29. The third kappa shape index (κ3) is 3.51. The second-order valence-electron chi connectivity index (χ2n) is 5.59. The van der Waals surface area contributed by atoms with Gasteiger partial charge in [0.05, 0.1) is 0 Å². The van der Waals surface area contributed by atoms with E-state index in [1.54, 1.807) is 0 Å². The number of anilines is 1.